The molecule has 0 fully saturated rings. The lowest BCUT2D eigenvalue weighted by Crippen LogP contribution is -2.05. The molecule has 0 radical (unpaired) electrons. The molecule has 13 heavy (non-hydrogen) atoms. The molecule has 0 saturated heterocycles. The van der Waals surface area contributed by atoms with Crippen molar-refractivity contribution in [3.8, 4) is 0 Å². The fraction of sp³-hybridized carbons (Fsp3) is 0.385. The maximum Gasteiger partial charge on any atom is -0.0181 e. The molecule has 0 heteroatoms. The summed E-state index contributed by atoms with van der Waals surface area (Å²) < 4.78 is 0. The maximum atomic E-state index is 4.13. The topological polar surface area (TPSA) is 0 Å². The Morgan fingerprint density at radius 1 is 1.38 bits per heavy atom. The number of hydrogen-bond donors (Lipinski definition) is 0. The standard InChI is InChI=1S/C13H16/c1-9-4-7-12-10(2)5-6-11(3)13(12)8-9/h4,7-8,10H,3,5-6H2,1-2H3/t10-/m0/s1. The third-order valence-electron chi connectivity index (χ3n) is 3.00. The fourth-order valence-corrected chi connectivity index (χ4v) is 2.09. The summed E-state index contributed by atoms with van der Waals surface area (Å²) >= 11 is 0. The van der Waals surface area contributed by atoms with Crippen LogP contribution in [0.15, 0.2) is 24.8 Å². The zero-order valence-corrected chi connectivity index (χ0v) is 8.43. The van der Waals surface area contributed by atoms with E-state index in [0.29, 0.717) is 5.92 Å². The largest absolute Gasteiger partial charge is 0.0952 e. The molecule has 0 N–H and O–H groups in total. The van der Waals surface area contributed by atoms with Crippen molar-refractivity contribution in [3.05, 3.63) is 41.5 Å². The normalized spacial score (nSPS) is 21.4. The van der Waals surface area contributed by atoms with Crippen LogP contribution in [0.2, 0.25) is 0 Å². The highest BCUT2D eigenvalue weighted by Gasteiger charge is 2.18. The van der Waals surface area contributed by atoms with Crippen LogP contribution in [0.3, 0.4) is 0 Å². The highest BCUT2D eigenvalue weighted by atomic mass is 14.2. The Balaban J connectivity index is 2.57. The van der Waals surface area contributed by atoms with E-state index in [4.69, 9.17) is 0 Å². The van der Waals surface area contributed by atoms with Gasteiger partial charge in [-0.25, -0.2) is 0 Å². The first kappa shape index (κ1) is 8.55. The lowest BCUT2D eigenvalue weighted by Gasteiger charge is -2.24. The zero-order chi connectivity index (χ0) is 9.42. The summed E-state index contributed by atoms with van der Waals surface area (Å²) in [6.07, 6.45) is 2.42. The average molecular weight is 172 g/mol. The Bertz CT molecular complexity index is 347. The molecule has 0 aromatic heterocycles. The Hall–Kier alpha value is -1.04. The summed E-state index contributed by atoms with van der Waals surface area (Å²) in [5, 5.41) is 0. The minimum Gasteiger partial charge on any atom is -0.0952 e. The van der Waals surface area contributed by atoms with Crippen molar-refractivity contribution in [3.63, 3.8) is 0 Å². The second-order valence-corrected chi connectivity index (χ2v) is 4.13. The van der Waals surface area contributed by atoms with Crippen molar-refractivity contribution in [1.82, 2.24) is 0 Å². The molecule has 1 aliphatic rings. The van der Waals surface area contributed by atoms with Crippen molar-refractivity contribution in [2.24, 2.45) is 0 Å². The van der Waals surface area contributed by atoms with Crippen LogP contribution >= 0.6 is 0 Å². The van der Waals surface area contributed by atoms with E-state index in [-0.39, 0.29) is 0 Å². The minimum absolute atomic E-state index is 0.709. The second-order valence-electron chi connectivity index (χ2n) is 4.13. The van der Waals surface area contributed by atoms with Gasteiger partial charge in [0.2, 0.25) is 0 Å². The van der Waals surface area contributed by atoms with Crippen LogP contribution in [0.1, 0.15) is 42.4 Å². The van der Waals surface area contributed by atoms with Gasteiger partial charge in [-0.1, -0.05) is 37.3 Å². The Labute approximate surface area is 80.3 Å². The van der Waals surface area contributed by atoms with Crippen LogP contribution in [0.25, 0.3) is 5.57 Å². The molecule has 68 valence electrons. The van der Waals surface area contributed by atoms with E-state index < -0.39 is 0 Å². The molecule has 0 unspecified atom stereocenters. The highest BCUT2D eigenvalue weighted by molar-refractivity contribution is 5.69. The molecule has 1 atom stereocenters. The number of rotatable bonds is 0. The van der Waals surface area contributed by atoms with Crippen LogP contribution in [-0.4, -0.2) is 0 Å². The van der Waals surface area contributed by atoms with Gasteiger partial charge in [0.1, 0.15) is 0 Å². The number of hydrogen-bond acceptors (Lipinski definition) is 0. The molecule has 1 aliphatic carbocycles. The lowest BCUT2D eigenvalue weighted by molar-refractivity contribution is 0.675. The van der Waals surface area contributed by atoms with E-state index in [1.165, 1.54) is 28.7 Å². The van der Waals surface area contributed by atoms with Gasteiger partial charge in [-0.05, 0) is 42.4 Å². The fourth-order valence-electron chi connectivity index (χ4n) is 2.09. The number of aryl methyl sites for hydroxylation is 1. The molecular weight excluding hydrogens is 156 g/mol. The van der Waals surface area contributed by atoms with Crippen molar-refractivity contribution < 1.29 is 0 Å². The summed E-state index contributed by atoms with van der Waals surface area (Å²) in [5.74, 6) is 0.709. The van der Waals surface area contributed by atoms with Gasteiger partial charge < -0.3 is 0 Å². The first-order valence-corrected chi connectivity index (χ1v) is 4.97. The van der Waals surface area contributed by atoms with E-state index in [1.807, 2.05) is 0 Å². The predicted molar refractivity (Wildman–Crippen MR) is 57.9 cm³/mol. The molecule has 0 saturated carbocycles. The Kier molecular flexibility index (Phi) is 1.99. The van der Waals surface area contributed by atoms with Crippen LogP contribution in [0.5, 0.6) is 0 Å². The van der Waals surface area contributed by atoms with E-state index in [0.717, 1.165) is 6.42 Å². The van der Waals surface area contributed by atoms with E-state index in [1.54, 1.807) is 0 Å². The third-order valence-corrected chi connectivity index (χ3v) is 3.00. The molecule has 1 aromatic rings. The minimum atomic E-state index is 0.709. The molecule has 0 nitrogen and oxygen atoms in total. The van der Waals surface area contributed by atoms with Gasteiger partial charge in [-0.3, -0.25) is 0 Å². The smallest absolute Gasteiger partial charge is 0.0181 e. The Morgan fingerprint density at radius 2 is 2.15 bits per heavy atom. The lowest BCUT2D eigenvalue weighted by atomic mass is 9.81. The zero-order valence-electron chi connectivity index (χ0n) is 8.43. The average Bonchev–Trinajstić information content (AvgIpc) is 2.12. The van der Waals surface area contributed by atoms with Gasteiger partial charge in [0, 0.05) is 0 Å². The molecule has 0 aliphatic heterocycles. The summed E-state index contributed by atoms with van der Waals surface area (Å²) in [5.41, 5.74) is 5.55. The first-order chi connectivity index (χ1) is 6.18. The predicted octanol–water partition coefficient (Wildman–Crippen LogP) is 3.91. The van der Waals surface area contributed by atoms with Crippen LogP contribution < -0.4 is 0 Å². The van der Waals surface area contributed by atoms with Crippen molar-refractivity contribution in [2.45, 2.75) is 32.6 Å². The van der Waals surface area contributed by atoms with Crippen LogP contribution in [0.4, 0.5) is 0 Å². The second kappa shape index (κ2) is 3.02. The SMILES string of the molecule is C=C1CC[C@H](C)c2ccc(C)cc21. The third kappa shape index (κ3) is 1.41. The first-order valence-electron chi connectivity index (χ1n) is 4.97. The van der Waals surface area contributed by atoms with Crippen LogP contribution in [0, 0.1) is 6.92 Å². The monoisotopic (exact) mass is 172 g/mol. The van der Waals surface area contributed by atoms with Gasteiger partial charge in [0.25, 0.3) is 0 Å². The highest BCUT2D eigenvalue weighted by Crippen LogP contribution is 2.37. The van der Waals surface area contributed by atoms with Gasteiger partial charge in [-0.15, -0.1) is 0 Å². The van der Waals surface area contributed by atoms with Gasteiger partial charge >= 0.3 is 0 Å². The quantitative estimate of drug-likeness (QED) is 0.556. The summed E-state index contributed by atoms with van der Waals surface area (Å²) in [6, 6.07) is 6.74. The molecular formula is C13H16. The van der Waals surface area contributed by atoms with Crippen molar-refractivity contribution in [1.29, 1.82) is 0 Å². The number of fused-ring (bicyclic) bond motifs is 1. The molecule has 0 bridgehead atoms. The van der Waals surface area contributed by atoms with Crippen molar-refractivity contribution >= 4 is 5.57 Å². The summed E-state index contributed by atoms with van der Waals surface area (Å²) in [4.78, 5) is 0. The van der Waals surface area contributed by atoms with E-state index in [2.05, 4.69) is 38.6 Å². The molecule has 0 spiro atoms. The van der Waals surface area contributed by atoms with Crippen LogP contribution in [-0.2, 0) is 0 Å². The van der Waals surface area contributed by atoms with Gasteiger partial charge in [0.05, 0.1) is 0 Å². The van der Waals surface area contributed by atoms with Gasteiger partial charge in [0.15, 0.2) is 0 Å². The Morgan fingerprint density at radius 3 is 2.92 bits per heavy atom. The van der Waals surface area contributed by atoms with Crippen molar-refractivity contribution in [2.75, 3.05) is 0 Å². The number of benzene rings is 1. The maximum absolute atomic E-state index is 4.13. The number of allylic oxidation sites excluding steroid dienone is 1. The van der Waals surface area contributed by atoms with E-state index in [9.17, 15) is 0 Å². The van der Waals surface area contributed by atoms with Gasteiger partial charge in [-0.2, -0.15) is 0 Å². The summed E-state index contributed by atoms with van der Waals surface area (Å²) in [7, 11) is 0. The summed E-state index contributed by atoms with van der Waals surface area (Å²) in [6.45, 7) is 8.58. The molecule has 0 amide bonds. The molecule has 2 rings (SSSR count). The molecule has 1 aromatic carbocycles. The molecule has 0 heterocycles. The van der Waals surface area contributed by atoms with E-state index >= 15 is 0 Å².